The van der Waals surface area contributed by atoms with Crippen LogP contribution in [-0.4, -0.2) is 27.8 Å². The molecule has 0 spiro atoms. The van der Waals surface area contributed by atoms with E-state index >= 15 is 0 Å². The van der Waals surface area contributed by atoms with Gasteiger partial charge >= 0.3 is 5.97 Å². The third-order valence-electron chi connectivity index (χ3n) is 3.85. The fourth-order valence-corrected chi connectivity index (χ4v) is 2.64. The molecule has 0 unspecified atom stereocenters. The molecule has 0 atom stereocenters. The second-order valence-electron chi connectivity index (χ2n) is 5.19. The van der Waals surface area contributed by atoms with Crippen LogP contribution < -0.4 is 4.90 Å². The Kier molecular flexibility index (Phi) is 3.37. The first-order valence-corrected chi connectivity index (χ1v) is 6.83. The average molecular weight is 326 g/mol. The summed E-state index contributed by atoms with van der Waals surface area (Å²) in [5, 5.41) is 20.0. The van der Waals surface area contributed by atoms with Gasteiger partial charge in [0.2, 0.25) is 0 Å². The van der Waals surface area contributed by atoms with E-state index in [1.807, 2.05) is 0 Å². The summed E-state index contributed by atoms with van der Waals surface area (Å²) in [7, 11) is 0. The first kappa shape index (κ1) is 15.3. The molecular formula is C16H10N2O6. The van der Waals surface area contributed by atoms with Crippen LogP contribution in [0.2, 0.25) is 0 Å². The smallest absolute Gasteiger partial charge is 0.335 e. The van der Waals surface area contributed by atoms with Gasteiger partial charge in [-0.1, -0.05) is 6.07 Å². The van der Waals surface area contributed by atoms with Crippen molar-refractivity contribution in [3.8, 4) is 0 Å². The minimum absolute atomic E-state index is 0.0363. The van der Waals surface area contributed by atoms with E-state index < -0.39 is 22.7 Å². The van der Waals surface area contributed by atoms with Crippen LogP contribution in [0.3, 0.4) is 0 Å². The number of hydrogen-bond donors (Lipinski definition) is 1. The van der Waals surface area contributed by atoms with E-state index in [1.165, 1.54) is 37.3 Å². The van der Waals surface area contributed by atoms with Crippen molar-refractivity contribution in [2.45, 2.75) is 6.92 Å². The molecule has 2 aromatic carbocycles. The fraction of sp³-hybridized carbons (Fsp3) is 0.0625. The molecule has 8 heteroatoms. The lowest BCUT2D eigenvalue weighted by Crippen LogP contribution is -2.30. The summed E-state index contributed by atoms with van der Waals surface area (Å²) < 4.78 is 0. The molecule has 1 aliphatic rings. The number of carboxylic acid groups (broad SMARTS) is 1. The van der Waals surface area contributed by atoms with Crippen molar-refractivity contribution in [2.24, 2.45) is 0 Å². The van der Waals surface area contributed by atoms with Crippen LogP contribution in [-0.2, 0) is 0 Å². The molecule has 8 nitrogen and oxygen atoms in total. The van der Waals surface area contributed by atoms with E-state index in [4.69, 9.17) is 5.11 Å². The number of imide groups is 1. The molecule has 0 aliphatic carbocycles. The topological polar surface area (TPSA) is 118 Å². The second-order valence-corrected chi connectivity index (χ2v) is 5.19. The summed E-state index contributed by atoms with van der Waals surface area (Å²) in [5.74, 6) is -2.57. The predicted molar refractivity (Wildman–Crippen MR) is 82.4 cm³/mol. The molecule has 2 aromatic rings. The summed E-state index contributed by atoms with van der Waals surface area (Å²) in [5.41, 5.74) is -0.0211. The van der Waals surface area contributed by atoms with Crippen LogP contribution in [0.25, 0.3) is 0 Å². The molecule has 0 saturated carbocycles. The third-order valence-corrected chi connectivity index (χ3v) is 3.85. The lowest BCUT2D eigenvalue weighted by Gasteiger charge is -2.16. The summed E-state index contributed by atoms with van der Waals surface area (Å²) in [6.45, 7) is 1.44. The molecule has 0 bridgehead atoms. The molecule has 0 aromatic heterocycles. The number of carbonyl (C=O) groups is 3. The number of nitro benzene ring substituents is 1. The van der Waals surface area contributed by atoms with Crippen LogP contribution in [0, 0.1) is 17.0 Å². The highest BCUT2D eigenvalue weighted by Gasteiger charge is 2.38. The van der Waals surface area contributed by atoms with E-state index in [1.54, 1.807) is 0 Å². The standard InChI is InChI=1S/C16H10N2O6/c1-8-12(3-2-4-13(8)18(23)24)17-14(19)10-6-5-9(16(21)22)7-11(10)15(17)20/h2-7H,1H3,(H,21,22). The molecule has 1 N–H and O–H groups in total. The monoisotopic (exact) mass is 326 g/mol. The van der Waals surface area contributed by atoms with Crippen molar-refractivity contribution in [1.29, 1.82) is 0 Å². The molecular weight excluding hydrogens is 316 g/mol. The summed E-state index contributed by atoms with van der Waals surface area (Å²) in [6, 6.07) is 7.72. The normalized spacial score (nSPS) is 13.1. The number of rotatable bonds is 3. The van der Waals surface area contributed by atoms with Gasteiger partial charge in [-0.15, -0.1) is 0 Å². The fourth-order valence-electron chi connectivity index (χ4n) is 2.64. The Morgan fingerprint density at radius 1 is 1.12 bits per heavy atom. The van der Waals surface area contributed by atoms with E-state index in [0.717, 1.165) is 11.0 Å². The van der Waals surface area contributed by atoms with Crippen LogP contribution in [0.1, 0.15) is 36.6 Å². The van der Waals surface area contributed by atoms with Gasteiger partial charge in [0, 0.05) is 6.07 Å². The van der Waals surface area contributed by atoms with Gasteiger partial charge in [0.25, 0.3) is 17.5 Å². The Bertz CT molecular complexity index is 934. The summed E-state index contributed by atoms with van der Waals surface area (Å²) in [4.78, 5) is 47.4. The van der Waals surface area contributed by atoms with Crippen molar-refractivity contribution in [1.82, 2.24) is 0 Å². The van der Waals surface area contributed by atoms with E-state index in [9.17, 15) is 24.5 Å². The Morgan fingerprint density at radius 2 is 1.79 bits per heavy atom. The average Bonchev–Trinajstić information content (AvgIpc) is 2.78. The first-order chi connectivity index (χ1) is 11.3. The summed E-state index contributed by atoms with van der Waals surface area (Å²) in [6.07, 6.45) is 0. The molecule has 120 valence electrons. The van der Waals surface area contributed by atoms with Crippen molar-refractivity contribution in [2.75, 3.05) is 4.90 Å². The second kappa shape index (κ2) is 5.27. The number of hydrogen-bond acceptors (Lipinski definition) is 5. The molecule has 3 rings (SSSR count). The van der Waals surface area contributed by atoms with Gasteiger partial charge in [-0.25, -0.2) is 9.69 Å². The van der Waals surface area contributed by atoms with Gasteiger partial charge in [-0.3, -0.25) is 19.7 Å². The van der Waals surface area contributed by atoms with Gasteiger partial charge < -0.3 is 5.11 Å². The Morgan fingerprint density at radius 3 is 2.42 bits per heavy atom. The number of benzene rings is 2. The SMILES string of the molecule is Cc1c(N2C(=O)c3ccc(C(=O)O)cc3C2=O)cccc1[N+](=O)[O-]. The largest absolute Gasteiger partial charge is 0.478 e. The van der Waals surface area contributed by atoms with E-state index in [0.29, 0.717) is 0 Å². The van der Waals surface area contributed by atoms with Crippen LogP contribution in [0.5, 0.6) is 0 Å². The minimum atomic E-state index is -1.22. The molecule has 24 heavy (non-hydrogen) atoms. The van der Waals surface area contributed by atoms with Crippen molar-refractivity contribution < 1.29 is 24.4 Å². The zero-order chi connectivity index (χ0) is 17.6. The van der Waals surface area contributed by atoms with Gasteiger partial charge in [-0.05, 0) is 31.2 Å². The number of carboxylic acids is 1. The molecule has 0 fully saturated rings. The number of anilines is 1. The van der Waals surface area contributed by atoms with Crippen LogP contribution >= 0.6 is 0 Å². The highest BCUT2D eigenvalue weighted by atomic mass is 16.6. The summed E-state index contributed by atoms with van der Waals surface area (Å²) >= 11 is 0. The minimum Gasteiger partial charge on any atom is -0.478 e. The molecule has 1 aliphatic heterocycles. The Labute approximate surface area is 135 Å². The van der Waals surface area contributed by atoms with Crippen molar-refractivity contribution in [3.05, 3.63) is 68.8 Å². The molecule has 1 heterocycles. The molecule has 0 radical (unpaired) electrons. The maximum absolute atomic E-state index is 12.6. The molecule has 2 amide bonds. The predicted octanol–water partition coefficient (Wildman–Crippen LogP) is 2.40. The number of carbonyl (C=O) groups excluding carboxylic acids is 2. The number of nitrogens with zero attached hydrogens (tertiary/aromatic N) is 2. The highest BCUT2D eigenvalue weighted by Crippen LogP contribution is 2.34. The maximum Gasteiger partial charge on any atom is 0.335 e. The number of aromatic carboxylic acids is 1. The number of fused-ring (bicyclic) bond motifs is 1. The zero-order valence-electron chi connectivity index (χ0n) is 12.3. The zero-order valence-corrected chi connectivity index (χ0v) is 12.3. The van der Waals surface area contributed by atoms with Gasteiger partial charge in [0.05, 0.1) is 32.9 Å². The van der Waals surface area contributed by atoms with Gasteiger partial charge in [0.1, 0.15) is 0 Å². The lowest BCUT2D eigenvalue weighted by molar-refractivity contribution is -0.385. The lowest BCUT2D eigenvalue weighted by atomic mass is 10.1. The number of nitro groups is 1. The van der Waals surface area contributed by atoms with Gasteiger partial charge in [0.15, 0.2) is 0 Å². The Balaban J connectivity index is 2.14. The van der Waals surface area contributed by atoms with E-state index in [2.05, 4.69) is 0 Å². The van der Waals surface area contributed by atoms with Crippen molar-refractivity contribution in [3.63, 3.8) is 0 Å². The quantitative estimate of drug-likeness (QED) is 0.525. The van der Waals surface area contributed by atoms with Crippen molar-refractivity contribution >= 4 is 29.2 Å². The van der Waals surface area contributed by atoms with E-state index in [-0.39, 0.29) is 33.6 Å². The number of amides is 2. The maximum atomic E-state index is 12.6. The van der Waals surface area contributed by atoms with Crippen LogP contribution in [0.15, 0.2) is 36.4 Å². The Hall–Kier alpha value is -3.55. The highest BCUT2D eigenvalue weighted by molar-refractivity contribution is 6.35. The first-order valence-electron chi connectivity index (χ1n) is 6.83. The van der Waals surface area contributed by atoms with Crippen LogP contribution in [0.4, 0.5) is 11.4 Å². The molecule has 0 saturated heterocycles. The third kappa shape index (κ3) is 2.12. The van der Waals surface area contributed by atoms with Gasteiger partial charge in [-0.2, -0.15) is 0 Å².